The molecule has 0 unspecified atom stereocenters. The van der Waals surface area contributed by atoms with E-state index in [1.807, 2.05) is 60.7 Å². The molecule has 0 saturated heterocycles. The molecule has 0 radical (unpaired) electrons. The van der Waals surface area contributed by atoms with Crippen LogP contribution in [-0.2, 0) is 0 Å². The summed E-state index contributed by atoms with van der Waals surface area (Å²) in [7, 11) is 0. The molecule has 0 fully saturated rings. The lowest BCUT2D eigenvalue weighted by molar-refractivity contribution is 0.669. The minimum atomic E-state index is 0.647. The van der Waals surface area contributed by atoms with Gasteiger partial charge in [-0.25, -0.2) is 15.0 Å². The van der Waals surface area contributed by atoms with Gasteiger partial charge in [0, 0.05) is 38.2 Å². The van der Waals surface area contributed by atoms with Gasteiger partial charge in [0.1, 0.15) is 16.7 Å². The number of pyridine rings is 1. The predicted octanol–water partition coefficient (Wildman–Crippen LogP) is 10.7. The van der Waals surface area contributed by atoms with Crippen LogP contribution < -0.4 is 0 Å². The Balaban J connectivity index is 1.38. The van der Waals surface area contributed by atoms with Crippen LogP contribution in [0.1, 0.15) is 0 Å². The summed E-state index contributed by atoms with van der Waals surface area (Å²) in [5.74, 6) is 0.647. The van der Waals surface area contributed by atoms with Crippen LogP contribution in [0.4, 0.5) is 0 Å². The second-order valence-corrected chi connectivity index (χ2v) is 11.2. The number of furan rings is 1. The SMILES string of the molecule is c1ccc(-c2cc(-c3ccccc3)c3ccc4c(-c5ccccc5)nc(-c5ccc6oc7ccccc7c6c5)nc4c3n2)cc1. The lowest BCUT2D eigenvalue weighted by Crippen LogP contribution is -1.98. The Morgan fingerprint density at radius 2 is 1.00 bits per heavy atom. The lowest BCUT2D eigenvalue weighted by atomic mass is 9.96. The first-order chi connectivity index (χ1) is 22.3. The first-order valence-electron chi connectivity index (χ1n) is 15.0. The van der Waals surface area contributed by atoms with Crippen LogP contribution in [0.2, 0.25) is 0 Å². The predicted molar refractivity (Wildman–Crippen MR) is 184 cm³/mol. The highest BCUT2D eigenvalue weighted by molar-refractivity contribution is 6.13. The molecule has 0 spiro atoms. The highest BCUT2D eigenvalue weighted by Crippen LogP contribution is 2.39. The summed E-state index contributed by atoms with van der Waals surface area (Å²) < 4.78 is 6.12. The Hall–Kier alpha value is -6.13. The summed E-state index contributed by atoms with van der Waals surface area (Å²) in [4.78, 5) is 15.8. The van der Waals surface area contributed by atoms with Gasteiger partial charge in [0.15, 0.2) is 5.82 Å². The Bertz CT molecular complexity index is 2520. The fraction of sp³-hybridized carbons (Fsp3) is 0. The molecule has 6 aromatic carbocycles. The van der Waals surface area contributed by atoms with Crippen LogP contribution in [0.25, 0.3) is 88.8 Å². The van der Waals surface area contributed by atoms with Gasteiger partial charge in [0.2, 0.25) is 0 Å². The third-order valence-corrected chi connectivity index (χ3v) is 8.48. The van der Waals surface area contributed by atoms with Crippen molar-refractivity contribution in [1.82, 2.24) is 15.0 Å². The number of benzene rings is 6. The van der Waals surface area contributed by atoms with Gasteiger partial charge in [0.25, 0.3) is 0 Å². The van der Waals surface area contributed by atoms with Gasteiger partial charge in [0.05, 0.1) is 16.9 Å². The van der Waals surface area contributed by atoms with Crippen molar-refractivity contribution in [1.29, 1.82) is 0 Å². The van der Waals surface area contributed by atoms with Gasteiger partial charge in [-0.15, -0.1) is 0 Å². The van der Waals surface area contributed by atoms with E-state index in [2.05, 4.69) is 91.0 Å². The van der Waals surface area contributed by atoms with E-state index < -0.39 is 0 Å². The molecule has 0 aliphatic heterocycles. The number of hydrogen-bond acceptors (Lipinski definition) is 4. The van der Waals surface area contributed by atoms with Gasteiger partial charge in [-0.05, 0) is 47.5 Å². The summed E-state index contributed by atoms with van der Waals surface area (Å²) in [5.41, 5.74) is 10.4. The van der Waals surface area contributed by atoms with Gasteiger partial charge < -0.3 is 4.42 Å². The molecule has 0 N–H and O–H groups in total. The van der Waals surface area contributed by atoms with Crippen molar-refractivity contribution in [3.63, 3.8) is 0 Å². The smallest absolute Gasteiger partial charge is 0.160 e. The molecule has 0 amide bonds. The Labute approximate surface area is 259 Å². The number of rotatable bonds is 4. The third-order valence-electron chi connectivity index (χ3n) is 8.48. The van der Waals surface area contributed by atoms with Crippen molar-refractivity contribution in [3.05, 3.63) is 152 Å². The third kappa shape index (κ3) is 4.27. The van der Waals surface area contributed by atoms with Crippen molar-refractivity contribution in [2.24, 2.45) is 0 Å². The Morgan fingerprint density at radius 3 is 1.78 bits per heavy atom. The number of para-hydroxylation sites is 1. The maximum Gasteiger partial charge on any atom is 0.160 e. The fourth-order valence-corrected chi connectivity index (χ4v) is 6.30. The van der Waals surface area contributed by atoms with Crippen LogP contribution in [-0.4, -0.2) is 15.0 Å². The minimum Gasteiger partial charge on any atom is -0.456 e. The van der Waals surface area contributed by atoms with Gasteiger partial charge in [-0.3, -0.25) is 0 Å². The quantitative estimate of drug-likeness (QED) is 0.196. The van der Waals surface area contributed by atoms with Crippen molar-refractivity contribution in [2.75, 3.05) is 0 Å². The van der Waals surface area contributed by atoms with E-state index in [9.17, 15) is 0 Å². The second kappa shape index (κ2) is 10.2. The van der Waals surface area contributed by atoms with E-state index in [4.69, 9.17) is 19.4 Å². The normalized spacial score (nSPS) is 11.6. The Morgan fingerprint density at radius 1 is 0.378 bits per heavy atom. The summed E-state index contributed by atoms with van der Waals surface area (Å²) in [6, 6.07) is 52.0. The molecule has 3 heterocycles. The topological polar surface area (TPSA) is 51.8 Å². The van der Waals surface area contributed by atoms with Gasteiger partial charge >= 0.3 is 0 Å². The molecule has 4 heteroatoms. The largest absolute Gasteiger partial charge is 0.456 e. The van der Waals surface area contributed by atoms with Crippen molar-refractivity contribution in [3.8, 4) is 45.0 Å². The molecule has 4 nitrogen and oxygen atoms in total. The first-order valence-corrected chi connectivity index (χ1v) is 15.0. The molecule has 0 aliphatic carbocycles. The van der Waals surface area contributed by atoms with Crippen molar-refractivity contribution < 1.29 is 4.42 Å². The Kier molecular flexibility index (Phi) is 5.78. The highest BCUT2D eigenvalue weighted by Gasteiger charge is 2.18. The first kappa shape index (κ1) is 25.4. The highest BCUT2D eigenvalue weighted by atomic mass is 16.3. The average molecular weight is 576 g/mol. The summed E-state index contributed by atoms with van der Waals surface area (Å²) in [6.45, 7) is 0. The molecule has 9 rings (SSSR count). The van der Waals surface area contributed by atoms with E-state index in [0.717, 1.165) is 82.9 Å². The van der Waals surface area contributed by atoms with E-state index in [-0.39, 0.29) is 0 Å². The van der Waals surface area contributed by atoms with E-state index in [0.29, 0.717) is 5.82 Å². The van der Waals surface area contributed by atoms with Crippen molar-refractivity contribution >= 4 is 43.7 Å². The molecule has 0 atom stereocenters. The van der Waals surface area contributed by atoms with Crippen LogP contribution in [0.15, 0.2) is 156 Å². The zero-order chi connectivity index (χ0) is 29.7. The monoisotopic (exact) mass is 575 g/mol. The zero-order valence-electron chi connectivity index (χ0n) is 24.2. The molecular formula is C41H25N3O. The molecule has 3 aromatic heterocycles. The number of hydrogen-bond donors (Lipinski definition) is 0. The van der Waals surface area contributed by atoms with E-state index in [1.165, 1.54) is 0 Å². The standard InChI is InChI=1S/C41H25N3O/c1-4-12-26(13-5-1)33-25-35(27-14-6-2-7-15-27)42-39-31(33)21-22-32-38(28-16-8-3-9-17-28)43-41(44-40(32)39)29-20-23-37-34(24-29)30-18-10-11-19-36(30)45-37/h1-25H. The maximum atomic E-state index is 6.12. The summed E-state index contributed by atoms with van der Waals surface area (Å²) >= 11 is 0. The molecule has 45 heavy (non-hydrogen) atoms. The van der Waals surface area contributed by atoms with Crippen molar-refractivity contribution in [2.45, 2.75) is 0 Å². The number of fused-ring (bicyclic) bond motifs is 6. The molecule has 0 bridgehead atoms. The number of nitrogens with zero attached hydrogens (tertiary/aromatic N) is 3. The van der Waals surface area contributed by atoms with Gasteiger partial charge in [-0.1, -0.05) is 115 Å². The van der Waals surface area contributed by atoms with Crippen LogP contribution in [0.5, 0.6) is 0 Å². The molecular weight excluding hydrogens is 550 g/mol. The number of aromatic nitrogens is 3. The maximum absolute atomic E-state index is 6.12. The average Bonchev–Trinajstić information content (AvgIpc) is 3.50. The second-order valence-electron chi connectivity index (χ2n) is 11.2. The van der Waals surface area contributed by atoms with Gasteiger partial charge in [-0.2, -0.15) is 0 Å². The molecule has 9 aromatic rings. The minimum absolute atomic E-state index is 0.647. The molecule has 0 saturated carbocycles. The van der Waals surface area contributed by atoms with Crippen LogP contribution >= 0.6 is 0 Å². The summed E-state index contributed by atoms with van der Waals surface area (Å²) in [6.07, 6.45) is 0. The fourth-order valence-electron chi connectivity index (χ4n) is 6.30. The molecule has 0 aliphatic rings. The van der Waals surface area contributed by atoms with Crippen LogP contribution in [0, 0.1) is 0 Å². The molecule has 210 valence electrons. The lowest BCUT2D eigenvalue weighted by Gasteiger charge is -2.15. The summed E-state index contributed by atoms with van der Waals surface area (Å²) in [5, 5.41) is 4.13. The van der Waals surface area contributed by atoms with E-state index in [1.54, 1.807) is 0 Å². The zero-order valence-corrected chi connectivity index (χ0v) is 24.2. The van der Waals surface area contributed by atoms with E-state index >= 15 is 0 Å². The van der Waals surface area contributed by atoms with Crippen LogP contribution in [0.3, 0.4) is 0 Å².